The van der Waals surface area contributed by atoms with Crippen LogP contribution in [0.4, 0.5) is 0 Å². The molecular formula is C19H19NO4. The van der Waals surface area contributed by atoms with E-state index in [4.69, 9.17) is 4.74 Å². The average molecular weight is 325 g/mol. The highest BCUT2D eigenvalue weighted by Crippen LogP contribution is 2.18. The molecule has 0 radical (unpaired) electrons. The predicted octanol–water partition coefficient (Wildman–Crippen LogP) is 2.81. The van der Waals surface area contributed by atoms with E-state index in [2.05, 4.69) is 10.1 Å². The molecule has 5 nitrogen and oxygen atoms in total. The fourth-order valence-electron chi connectivity index (χ4n) is 2.09. The van der Waals surface area contributed by atoms with E-state index >= 15 is 0 Å². The minimum atomic E-state index is -0.384. The third kappa shape index (κ3) is 4.71. The lowest BCUT2D eigenvalue weighted by Crippen LogP contribution is -2.20. The smallest absolute Gasteiger partial charge is 0.337 e. The molecule has 0 saturated heterocycles. The summed E-state index contributed by atoms with van der Waals surface area (Å²) in [5.74, 6) is 0.114. The van der Waals surface area contributed by atoms with E-state index < -0.39 is 0 Å². The van der Waals surface area contributed by atoms with Crippen molar-refractivity contribution in [1.29, 1.82) is 0 Å². The molecule has 0 atom stereocenters. The van der Waals surface area contributed by atoms with Crippen molar-refractivity contribution in [2.75, 3.05) is 14.2 Å². The maximum atomic E-state index is 11.9. The second-order valence-corrected chi connectivity index (χ2v) is 4.98. The number of carbonyl (C=O) groups is 2. The van der Waals surface area contributed by atoms with Gasteiger partial charge in [-0.2, -0.15) is 0 Å². The molecular weight excluding hydrogens is 306 g/mol. The van der Waals surface area contributed by atoms with Crippen LogP contribution in [0, 0.1) is 0 Å². The Kier molecular flexibility index (Phi) is 6.14. The van der Waals surface area contributed by atoms with E-state index in [0.29, 0.717) is 17.9 Å². The number of para-hydroxylation sites is 1. The van der Waals surface area contributed by atoms with Crippen molar-refractivity contribution in [2.45, 2.75) is 6.54 Å². The molecule has 2 aromatic rings. The summed E-state index contributed by atoms with van der Waals surface area (Å²) in [6, 6.07) is 14.3. The fourth-order valence-corrected chi connectivity index (χ4v) is 2.09. The van der Waals surface area contributed by atoms with Gasteiger partial charge in [-0.1, -0.05) is 30.3 Å². The Morgan fingerprint density at radius 3 is 2.42 bits per heavy atom. The number of hydrogen-bond donors (Lipinski definition) is 1. The van der Waals surface area contributed by atoms with Gasteiger partial charge >= 0.3 is 5.97 Å². The number of ether oxygens (including phenoxy) is 2. The van der Waals surface area contributed by atoms with Crippen molar-refractivity contribution in [3.8, 4) is 5.75 Å². The highest BCUT2D eigenvalue weighted by atomic mass is 16.5. The van der Waals surface area contributed by atoms with Gasteiger partial charge in [-0.25, -0.2) is 4.79 Å². The molecule has 0 bridgehead atoms. The molecule has 0 aliphatic rings. The highest BCUT2D eigenvalue weighted by Gasteiger charge is 2.05. The molecule has 0 aromatic heterocycles. The Morgan fingerprint density at radius 1 is 1.04 bits per heavy atom. The fraction of sp³-hybridized carbons (Fsp3) is 0.158. The van der Waals surface area contributed by atoms with Crippen LogP contribution in [0.5, 0.6) is 5.75 Å². The van der Waals surface area contributed by atoms with Crippen LogP contribution in [-0.4, -0.2) is 26.1 Å². The number of amides is 1. The number of rotatable bonds is 6. The molecule has 0 heterocycles. The van der Waals surface area contributed by atoms with Crippen LogP contribution in [0.25, 0.3) is 6.08 Å². The van der Waals surface area contributed by atoms with Crippen molar-refractivity contribution in [2.24, 2.45) is 0 Å². The van der Waals surface area contributed by atoms with Gasteiger partial charge in [0.2, 0.25) is 5.91 Å². The van der Waals surface area contributed by atoms with Crippen LogP contribution in [0.1, 0.15) is 21.5 Å². The van der Waals surface area contributed by atoms with E-state index in [1.54, 1.807) is 37.5 Å². The van der Waals surface area contributed by atoms with Crippen molar-refractivity contribution >= 4 is 18.0 Å². The zero-order valence-electron chi connectivity index (χ0n) is 13.6. The molecule has 24 heavy (non-hydrogen) atoms. The van der Waals surface area contributed by atoms with E-state index in [-0.39, 0.29) is 11.9 Å². The summed E-state index contributed by atoms with van der Waals surface area (Å²) in [5, 5.41) is 2.79. The van der Waals surface area contributed by atoms with E-state index in [9.17, 15) is 9.59 Å². The molecule has 2 rings (SSSR count). The standard InChI is InChI=1S/C19H19NO4/c1-23-17-6-4-3-5-15(17)11-12-18(21)20-13-14-7-9-16(10-8-14)19(22)24-2/h3-12H,13H2,1-2H3,(H,20,21)/b12-11+. The van der Waals surface area contributed by atoms with E-state index in [0.717, 1.165) is 11.1 Å². The van der Waals surface area contributed by atoms with Crippen molar-refractivity contribution in [3.05, 3.63) is 71.3 Å². The van der Waals surface area contributed by atoms with Crippen molar-refractivity contribution in [1.82, 2.24) is 5.32 Å². The number of nitrogens with one attached hydrogen (secondary N) is 1. The monoisotopic (exact) mass is 325 g/mol. The second kappa shape index (κ2) is 8.53. The number of benzene rings is 2. The summed E-state index contributed by atoms with van der Waals surface area (Å²) >= 11 is 0. The minimum absolute atomic E-state index is 0.210. The van der Waals surface area contributed by atoms with Gasteiger partial charge in [0.1, 0.15) is 5.75 Å². The van der Waals surface area contributed by atoms with Crippen LogP contribution in [0.15, 0.2) is 54.6 Å². The van der Waals surface area contributed by atoms with Crippen LogP contribution in [-0.2, 0) is 16.1 Å². The molecule has 1 amide bonds. The van der Waals surface area contributed by atoms with Gasteiger partial charge in [-0.15, -0.1) is 0 Å². The first-order chi connectivity index (χ1) is 11.6. The van der Waals surface area contributed by atoms with Gasteiger partial charge in [0, 0.05) is 18.2 Å². The molecule has 124 valence electrons. The van der Waals surface area contributed by atoms with Crippen LogP contribution in [0.3, 0.4) is 0 Å². The average Bonchev–Trinajstić information content (AvgIpc) is 2.64. The van der Waals surface area contributed by atoms with Crippen LogP contribution in [0.2, 0.25) is 0 Å². The normalized spacial score (nSPS) is 10.4. The Labute approximate surface area is 140 Å². The molecule has 0 fully saturated rings. The lowest BCUT2D eigenvalue weighted by atomic mass is 10.1. The SMILES string of the molecule is COC(=O)c1ccc(CNC(=O)/C=C/c2ccccc2OC)cc1. The summed E-state index contributed by atoms with van der Waals surface area (Å²) in [4.78, 5) is 23.2. The first-order valence-corrected chi connectivity index (χ1v) is 7.40. The number of hydrogen-bond acceptors (Lipinski definition) is 4. The minimum Gasteiger partial charge on any atom is -0.496 e. The predicted molar refractivity (Wildman–Crippen MR) is 91.7 cm³/mol. The lowest BCUT2D eigenvalue weighted by molar-refractivity contribution is -0.116. The number of esters is 1. The van der Waals surface area contributed by atoms with Gasteiger partial charge in [0.25, 0.3) is 0 Å². The first-order valence-electron chi connectivity index (χ1n) is 7.40. The van der Waals surface area contributed by atoms with Gasteiger partial charge in [0.15, 0.2) is 0 Å². The van der Waals surface area contributed by atoms with Crippen molar-refractivity contribution < 1.29 is 19.1 Å². The molecule has 0 aliphatic heterocycles. The molecule has 0 saturated carbocycles. The maximum Gasteiger partial charge on any atom is 0.337 e. The Balaban J connectivity index is 1.91. The van der Waals surface area contributed by atoms with E-state index in [1.165, 1.54) is 13.2 Å². The Hall–Kier alpha value is -3.08. The Morgan fingerprint density at radius 2 is 1.75 bits per heavy atom. The summed E-state index contributed by atoms with van der Waals surface area (Å²) in [6.07, 6.45) is 3.16. The third-order valence-electron chi connectivity index (χ3n) is 3.39. The number of methoxy groups -OCH3 is 2. The van der Waals surface area contributed by atoms with E-state index in [1.807, 2.05) is 24.3 Å². The summed E-state index contributed by atoms with van der Waals surface area (Å²) in [7, 11) is 2.93. The second-order valence-electron chi connectivity index (χ2n) is 4.98. The topological polar surface area (TPSA) is 64.6 Å². The largest absolute Gasteiger partial charge is 0.496 e. The van der Waals surface area contributed by atoms with Gasteiger partial charge in [-0.3, -0.25) is 4.79 Å². The zero-order chi connectivity index (χ0) is 17.4. The summed E-state index contributed by atoms with van der Waals surface area (Å²) in [5.41, 5.74) is 2.20. The van der Waals surface area contributed by atoms with Gasteiger partial charge < -0.3 is 14.8 Å². The molecule has 5 heteroatoms. The van der Waals surface area contributed by atoms with Gasteiger partial charge in [0.05, 0.1) is 19.8 Å². The van der Waals surface area contributed by atoms with Crippen molar-refractivity contribution in [3.63, 3.8) is 0 Å². The van der Waals surface area contributed by atoms with Gasteiger partial charge in [-0.05, 0) is 29.8 Å². The molecule has 0 aliphatic carbocycles. The maximum absolute atomic E-state index is 11.9. The molecule has 1 N–H and O–H groups in total. The lowest BCUT2D eigenvalue weighted by Gasteiger charge is -2.05. The van der Waals surface area contributed by atoms with Crippen LogP contribution >= 0.6 is 0 Å². The highest BCUT2D eigenvalue weighted by molar-refractivity contribution is 5.92. The Bertz CT molecular complexity index is 735. The number of carbonyl (C=O) groups excluding carboxylic acids is 2. The third-order valence-corrected chi connectivity index (χ3v) is 3.39. The zero-order valence-corrected chi connectivity index (χ0v) is 13.6. The first kappa shape index (κ1) is 17.3. The van der Waals surface area contributed by atoms with Crippen LogP contribution < -0.4 is 10.1 Å². The quantitative estimate of drug-likeness (QED) is 0.655. The molecule has 0 spiro atoms. The molecule has 0 unspecified atom stereocenters. The summed E-state index contributed by atoms with van der Waals surface area (Å²) < 4.78 is 9.87. The molecule has 2 aromatic carbocycles. The summed E-state index contributed by atoms with van der Waals surface area (Å²) in [6.45, 7) is 0.372.